The van der Waals surface area contributed by atoms with Gasteiger partial charge in [0.2, 0.25) is 5.91 Å². The molecule has 2 aliphatic rings. The zero-order valence-corrected chi connectivity index (χ0v) is 13.2. The van der Waals surface area contributed by atoms with Crippen molar-refractivity contribution >= 4 is 28.4 Å². The van der Waals surface area contributed by atoms with E-state index >= 15 is 0 Å². The first kappa shape index (κ1) is 15.2. The van der Waals surface area contributed by atoms with Gasteiger partial charge >= 0.3 is 5.69 Å². The molecule has 118 valence electrons. The van der Waals surface area contributed by atoms with E-state index in [1.165, 1.54) is 7.05 Å². The molecule has 0 radical (unpaired) electrons. The van der Waals surface area contributed by atoms with E-state index in [4.69, 9.17) is 11.6 Å². The van der Waals surface area contributed by atoms with Gasteiger partial charge in [-0.1, -0.05) is 17.7 Å². The van der Waals surface area contributed by atoms with Crippen LogP contribution in [0.25, 0.3) is 22.3 Å². The number of halogens is 1. The van der Waals surface area contributed by atoms with Gasteiger partial charge in [0.25, 0.3) is 5.56 Å². The van der Waals surface area contributed by atoms with Gasteiger partial charge in [0.05, 0.1) is 11.1 Å². The second-order valence-corrected chi connectivity index (χ2v) is 5.54. The lowest BCUT2D eigenvalue weighted by Crippen LogP contribution is -2.41. The molecule has 1 aromatic rings. The fourth-order valence-corrected chi connectivity index (χ4v) is 2.65. The van der Waals surface area contributed by atoms with Crippen LogP contribution in [0.3, 0.4) is 0 Å². The zero-order chi connectivity index (χ0) is 16.7. The largest absolute Gasteiger partial charge is 0.358 e. The molecule has 0 saturated heterocycles. The molecule has 8 heteroatoms. The standard InChI is InChI=1S/C15H13ClN4O3/c1-17-12(21)7-20-14(22)10-5-8-3-4-9(16)6-11(8)19(2)13(10)18-15(20)23/h3-6H,7H2,1-2H3,(H,17,21). The quantitative estimate of drug-likeness (QED) is 0.696. The Kier molecular flexibility index (Phi) is 3.65. The molecule has 23 heavy (non-hydrogen) atoms. The summed E-state index contributed by atoms with van der Waals surface area (Å²) in [5.74, 6) is -0.190. The van der Waals surface area contributed by atoms with Gasteiger partial charge in [-0.2, -0.15) is 4.98 Å². The minimum absolute atomic E-state index is 0.253. The third kappa shape index (κ3) is 2.49. The number of pyridine rings is 1. The number of fused-ring (bicyclic) bond motifs is 2. The summed E-state index contributed by atoms with van der Waals surface area (Å²) in [6.07, 6.45) is 0. The van der Waals surface area contributed by atoms with Crippen molar-refractivity contribution in [2.24, 2.45) is 7.05 Å². The van der Waals surface area contributed by atoms with E-state index in [-0.39, 0.29) is 17.9 Å². The van der Waals surface area contributed by atoms with Gasteiger partial charge in [-0.25, -0.2) is 9.36 Å². The molecular formula is C15H13ClN4O3. The number of benzene rings is 1. The number of carbonyl (C=O) groups excluding carboxylic acids is 1. The average molecular weight is 333 g/mol. The normalized spacial score (nSPS) is 11.1. The van der Waals surface area contributed by atoms with E-state index in [2.05, 4.69) is 10.3 Å². The Bertz CT molecular complexity index is 1020. The second-order valence-electron chi connectivity index (χ2n) is 5.10. The smallest absolute Gasteiger partial charge is 0.352 e. The van der Waals surface area contributed by atoms with E-state index in [1.807, 2.05) is 0 Å². The van der Waals surface area contributed by atoms with Crippen molar-refractivity contribution in [3.63, 3.8) is 0 Å². The summed E-state index contributed by atoms with van der Waals surface area (Å²) in [4.78, 5) is 40.1. The van der Waals surface area contributed by atoms with E-state index in [9.17, 15) is 14.4 Å². The lowest BCUT2D eigenvalue weighted by Gasteiger charge is -2.15. The highest BCUT2D eigenvalue weighted by atomic mass is 35.5. The highest BCUT2D eigenvalue weighted by Crippen LogP contribution is 2.25. The molecule has 0 aliphatic carbocycles. The van der Waals surface area contributed by atoms with Crippen LogP contribution in [0.4, 0.5) is 0 Å². The molecule has 2 aliphatic heterocycles. The van der Waals surface area contributed by atoms with Gasteiger partial charge in [0.1, 0.15) is 6.54 Å². The number of aryl methyl sites for hydroxylation is 1. The summed E-state index contributed by atoms with van der Waals surface area (Å²) in [7, 11) is 3.14. The number of hydrogen-bond acceptors (Lipinski definition) is 4. The van der Waals surface area contributed by atoms with Crippen molar-refractivity contribution in [2.75, 3.05) is 7.05 Å². The number of nitrogens with one attached hydrogen (secondary N) is 1. The number of carbonyl (C=O) groups is 1. The summed E-state index contributed by atoms with van der Waals surface area (Å²) in [5, 5.41) is 3.71. The molecule has 0 atom stereocenters. The van der Waals surface area contributed by atoms with Crippen LogP contribution in [0, 0.1) is 0 Å². The molecule has 0 aromatic heterocycles. The van der Waals surface area contributed by atoms with E-state index in [1.54, 1.807) is 35.9 Å². The molecule has 0 saturated carbocycles. The number of nitrogens with zero attached hydrogens (tertiary/aromatic N) is 3. The Balaban J connectivity index is 2.38. The molecule has 2 heterocycles. The molecule has 0 bridgehead atoms. The molecule has 0 spiro atoms. The first-order chi connectivity index (χ1) is 10.9. The molecule has 3 rings (SSSR count). The summed E-state index contributed by atoms with van der Waals surface area (Å²) in [5.41, 5.74) is -0.287. The minimum Gasteiger partial charge on any atom is -0.358 e. The van der Waals surface area contributed by atoms with E-state index in [0.29, 0.717) is 5.02 Å². The lowest BCUT2D eigenvalue weighted by atomic mass is 10.1. The molecule has 1 N–H and O–H groups in total. The maximum atomic E-state index is 12.6. The van der Waals surface area contributed by atoms with Crippen molar-refractivity contribution in [1.29, 1.82) is 0 Å². The minimum atomic E-state index is -0.761. The van der Waals surface area contributed by atoms with Gasteiger partial charge in [-0.3, -0.25) is 9.59 Å². The van der Waals surface area contributed by atoms with Crippen molar-refractivity contribution < 1.29 is 4.79 Å². The first-order valence-electron chi connectivity index (χ1n) is 6.83. The molecular weight excluding hydrogens is 320 g/mol. The first-order valence-corrected chi connectivity index (χ1v) is 7.20. The zero-order valence-electron chi connectivity index (χ0n) is 12.5. The summed E-state index contributed by atoms with van der Waals surface area (Å²) < 4.78 is 2.46. The van der Waals surface area contributed by atoms with Crippen molar-refractivity contribution in [2.45, 2.75) is 6.54 Å². The van der Waals surface area contributed by atoms with Crippen molar-refractivity contribution in [1.82, 2.24) is 19.4 Å². The average Bonchev–Trinajstić information content (AvgIpc) is 2.53. The Labute approximate surface area is 135 Å². The van der Waals surface area contributed by atoms with E-state index < -0.39 is 17.2 Å². The third-order valence-corrected chi connectivity index (χ3v) is 3.94. The number of hydrogen-bond donors (Lipinski definition) is 1. The van der Waals surface area contributed by atoms with Crippen LogP contribution in [-0.4, -0.2) is 27.1 Å². The Morgan fingerprint density at radius 1 is 1.30 bits per heavy atom. The molecule has 0 fully saturated rings. The van der Waals surface area contributed by atoms with Gasteiger partial charge < -0.3 is 9.88 Å². The number of aromatic nitrogens is 3. The number of amides is 1. The number of rotatable bonds is 2. The second kappa shape index (κ2) is 5.51. The predicted octanol–water partition coefficient (Wildman–Crippen LogP) is 0.599. The summed E-state index contributed by atoms with van der Waals surface area (Å²) >= 11 is 6.00. The van der Waals surface area contributed by atoms with Crippen LogP contribution in [0.5, 0.6) is 0 Å². The molecule has 7 nitrogen and oxygen atoms in total. The van der Waals surface area contributed by atoms with Crippen molar-refractivity contribution in [3.8, 4) is 11.4 Å². The Hall–Kier alpha value is -2.67. The highest BCUT2D eigenvalue weighted by Gasteiger charge is 2.19. The van der Waals surface area contributed by atoms with Crippen LogP contribution in [-0.2, 0) is 18.4 Å². The topological polar surface area (TPSA) is 86.0 Å². The predicted molar refractivity (Wildman–Crippen MR) is 86.9 cm³/mol. The Morgan fingerprint density at radius 2 is 2.04 bits per heavy atom. The third-order valence-electron chi connectivity index (χ3n) is 3.70. The van der Waals surface area contributed by atoms with Crippen LogP contribution in [0.15, 0.2) is 33.9 Å². The molecule has 0 unspecified atom stereocenters. The summed E-state index contributed by atoms with van der Waals surface area (Å²) in [6, 6.07) is 6.88. The SMILES string of the molecule is CNC(=O)Cn1c(=O)nc2n(C)c3cc(Cl)ccc3cc-2c1=O. The maximum Gasteiger partial charge on any atom is 0.352 e. The van der Waals surface area contributed by atoms with Gasteiger partial charge in [0, 0.05) is 19.1 Å². The van der Waals surface area contributed by atoms with Crippen LogP contribution in [0.1, 0.15) is 0 Å². The van der Waals surface area contributed by atoms with E-state index in [0.717, 1.165) is 15.5 Å². The fourth-order valence-electron chi connectivity index (χ4n) is 2.48. The van der Waals surface area contributed by atoms with Crippen molar-refractivity contribution in [3.05, 3.63) is 50.1 Å². The van der Waals surface area contributed by atoms with Crippen LogP contribution >= 0.6 is 11.6 Å². The van der Waals surface area contributed by atoms with Crippen LogP contribution in [0.2, 0.25) is 5.02 Å². The monoisotopic (exact) mass is 332 g/mol. The van der Waals surface area contributed by atoms with Crippen LogP contribution < -0.4 is 16.6 Å². The molecule has 1 amide bonds. The highest BCUT2D eigenvalue weighted by molar-refractivity contribution is 6.31. The lowest BCUT2D eigenvalue weighted by molar-refractivity contribution is -0.121. The Morgan fingerprint density at radius 3 is 2.74 bits per heavy atom. The number of likely N-dealkylation sites (N-methyl/N-ethyl adjacent to an activating group) is 1. The maximum absolute atomic E-state index is 12.6. The van der Waals surface area contributed by atoms with Gasteiger partial charge in [0.15, 0.2) is 5.82 Å². The molecule has 1 aromatic carbocycles. The van der Waals surface area contributed by atoms with Gasteiger partial charge in [-0.15, -0.1) is 0 Å². The summed E-state index contributed by atoms with van der Waals surface area (Å²) in [6.45, 7) is -0.362. The van der Waals surface area contributed by atoms with Gasteiger partial charge in [-0.05, 0) is 23.6 Å². The fraction of sp³-hybridized carbons (Fsp3) is 0.200.